The van der Waals surface area contributed by atoms with Crippen molar-refractivity contribution in [3.8, 4) is 11.5 Å². The molecule has 0 radical (unpaired) electrons. The van der Waals surface area contributed by atoms with E-state index in [1.165, 1.54) is 0 Å². The number of methoxy groups -OCH3 is 1. The van der Waals surface area contributed by atoms with E-state index >= 15 is 0 Å². The zero-order chi connectivity index (χ0) is 26.6. The Labute approximate surface area is 219 Å². The first kappa shape index (κ1) is 27.3. The van der Waals surface area contributed by atoms with Crippen LogP contribution < -0.4 is 9.47 Å². The van der Waals surface area contributed by atoms with E-state index in [0.717, 1.165) is 27.8 Å². The van der Waals surface area contributed by atoms with Crippen LogP contribution in [-0.2, 0) is 9.53 Å². The largest absolute Gasteiger partial charge is 0.493 e. The second-order valence-corrected chi connectivity index (χ2v) is 8.34. The molecule has 0 unspecified atom stereocenters. The number of aryl methyl sites for hydroxylation is 2. The van der Waals surface area contributed by atoms with E-state index in [9.17, 15) is 4.79 Å². The van der Waals surface area contributed by atoms with Crippen molar-refractivity contribution in [3.05, 3.63) is 112 Å². The van der Waals surface area contributed by atoms with Gasteiger partial charge in [-0.2, -0.15) is 4.99 Å². The van der Waals surface area contributed by atoms with Crippen LogP contribution in [0, 0.1) is 13.8 Å². The first-order valence-electron chi connectivity index (χ1n) is 12.2. The summed E-state index contributed by atoms with van der Waals surface area (Å²) in [5, 5.41) is 0. The zero-order valence-corrected chi connectivity index (χ0v) is 22.1. The number of para-hydroxylation sites is 1. The molecule has 3 aromatic rings. The second-order valence-electron chi connectivity index (χ2n) is 8.34. The van der Waals surface area contributed by atoms with Gasteiger partial charge in [0.1, 0.15) is 6.61 Å². The topological polar surface area (TPSA) is 57.1 Å². The van der Waals surface area contributed by atoms with E-state index in [2.05, 4.69) is 10.9 Å². The summed E-state index contributed by atoms with van der Waals surface area (Å²) >= 11 is 0. The molecular formula is C32H33NO4. The lowest BCUT2D eigenvalue weighted by molar-refractivity contribution is -0.138. The molecule has 3 aromatic carbocycles. The Morgan fingerprint density at radius 3 is 2.11 bits per heavy atom. The van der Waals surface area contributed by atoms with Gasteiger partial charge in [0.05, 0.1) is 19.3 Å². The number of allylic oxidation sites excluding steroid dienone is 1. The van der Waals surface area contributed by atoms with Crippen LogP contribution >= 0.6 is 0 Å². The molecule has 0 saturated heterocycles. The number of hydrogen-bond donors (Lipinski definition) is 0. The third-order valence-corrected chi connectivity index (χ3v) is 5.53. The number of esters is 1. The number of aliphatic imine (C=N–C) groups is 1. The molecule has 5 nitrogen and oxygen atoms in total. The fraction of sp³-hybridized carbons (Fsp3) is 0.219. The van der Waals surface area contributed by atoms with Gasteiger partial charge >= 0.3 is 5.97 Å². The quantitative estimate of drug-likeness (QED) is 0.132. The highest BCUT2D eigenvalue weighted by Gasteiger charge is 2.15. The maximum Gasteiger partial charge on any atom is 0.357 e. The van der Waals surface area contributed by atoms with Crippen molar-refractivity contribution in [2.75, 3.05) is 20.3 Å². The Balaban J connectivity index is 2.19. The number of carbonyl (C=O) groups excluding carboxylic acids is 1. The summed E-state index contributed by atoms with van der Waals surface area (Å²) in [7, 11) is 1.58. The first-order valence-corrected chi connectivity index (χ1v) is 12.2. The van der Waals surface area contributed by atoms with Crippen LogP contribution in [0.5, 0.6) is 11.5 Å². The average Bonchev–Trinajstić information content (AvgIpc) is 2.90. The molecule has 0 bridgehead atoms. The van der Waals surface area contributed by atoms with E-state index in [0.29, 0.717) is 23.7 Å². The lowest BCUT2D eigenvalue weighted by Gasteiger charge is -2.12. The van der Waals surface area contributed by atoms with Crippen LogP contribution in [0.3, 0.4) is 0 Å². The minimum atomic E-state index is -0.551. The van der Waals surface area contributed by atoms with E-state index in [4.69, 9.17) is 14.2 Å². The Morgan fingerprint density at radius 1 is 0.946 bits per heavy atom. The van der Waals surface area contributed by atoms with Crippen LogP contribution in [-0.4, -0.2) is 32.2 Å². The van der Waals surface area contributed by atoms with Gasteiger partial charge < -0.3 is 14.2 Å². The molecule has 0 heterocycles. The highest BCUT2D eigenvalue weighted by Crippen LogP contribution is 2.33. The van der Waals surface area contributed by atoms with Gasteiger partial charge in [0.25, 0.3) is 0 Å². The van der Waals surface area contributed by atoms with Crippen LogP contribution in [0.4, 0.5) is 0 Å². The summed E-state index contributed by atoms with van der Waals surface area (Å²) < 4.78 is 16.8. The maximum absolute atomic E-state index is 12.9. The molecule has 0 aliphatic heterocycles. The molecule has 190 valence electrons. The molecule has 0 N–H and O–H groups in total. The van der Waals surface area contributed by atoms with Crippen LogP contribution in [0.2, 0.25) is 0 Å². The maximum atomic E-state index is 12.9. The Hall–Kier alpha value is -4.34. The lowest BCUT2D eigenvalue weighted by atomic mass is 9.98. The van der Waals surface area contributed by atoms with Crippen molar-refractivity contribution in [2.24, 2.45) is 4.99 Å². The van der Waals surface area contributed by atoms with E-state index < -0.39 is 5.97 Å². The third-order valence-electron chi connectivity index (χ3n) is 5.53. The highest BCUT2D eigenvalue weighted by molar-refractivity contribution is 6.02. The average molecular weight is 496 g/mol. The molecule has 0 saturated carbocycles. The molecule has 0 aliphatic rings. The zero-order valence-electron chi connectivity index (χ0n) is 22.1. The summed E-state index contributed by atoms with van der Waals surface area (Å²) in [5.41, 5.74) is 5.70. The number of rotatable bonds is 10. The molecule has 0 atom stereocenters. The van der Waals surface area contributed by atoms with Crippen molar-refractivity contribution in [3.63, 3.8) is 0 Å². The number of hydrogen-bond acceptors (Lipinski definition) is 5. The summed E-state index contributed by atoms with van der Waals surface area (Å²) in [6, 6.07) is 21.7. The minimum Gasteiger partial charge on any atom is -0.493 e. The predicted molar refractivity (Wildman–Crippen MR) is 150 cm³/mol. The van der Waals surface area contributed by atoms with Crippen molar-refractivity contribution >= 4 is 23.5 Å². The SMILES string of the molecule is C/C=C/COc1c(/C=C(\N=C=C(c2ccc(C)cc2)c2ccc(C)cc2)C(=O)OCC)cccc1OC. The van der Waals surface area contributed by atoms with Gasteiger partial charge in [-0.25, -0.2) is 4.79 Å². The molecule has 0 spiro atoms. The van der Waals surface area contributed by atoms with Crippen molar-refractivity contribution in [2.45, 2.75) is 27.7 Å². The van der Waals surface area contributed by atoms with Crippen molar-refractivity contribution in [1.29, 1.82) is 0 Å². The fourth-order valence-corrected chi connectivity index (χ4v) is 3.53. The summed E-state index contributed by atoms with van der Waals surface area (Å²) in [5.74, 6) is 3.66. The fourth-order valence-electron chi connectivity index (χ4n) is 3.53. The Kier molecular flexibility index (Phi) is 10.1. The number of carbonyl (C=O) groups is 1. The summed E-state index contributed by atoms with van der Waals surface area (Å²) in [6.45, 7) is 8.35. The van der Waals surface area contributed by atoms with E-state index in [1.807, 2.05) is 99.7 Å². The van der Waals surface area contributed by atoms with Crippen LogP contribution in [0.15, 0.2) is 89.6 Å². The molecule has 0 fully saturated rings. The van der Waals surface area contributed by atoms with Gasteiger partial charge in [-0.15, -0.1) is 0 Å². The Morgan fingerprint density at radius 2 is 1.57 bits per heavy atom. The second kappa shape index (κ2) is 13.7. The molecule has 3 rings (SSSR count). The third kappa shape index (κ3) is 7.57. The molecule has 0 aliphatic carbocycles. The highest BCUT2D eigenvalue weighted by atomic mass is 16.5. The van der Waals surface area contributed by atoms with Crippen molar-refractivity contribution < 1.29 is 19.0 Å². The van der Waals surface area contributed by atoms with Gasteiger partial charge in [0.15, 0.2) is 17.2 Å². The molecule has 0 aromatic heterocycles. The smallest absolute Gasteiger partial charge is 0.357 e. The van der Waals surface area contributed by atoms with Crippen LogP contribution in [0.1, 0.15) is 41.7 Å². The summed E-state index contributed by atoms with van der Waals surface area (Å²) in [6.07, 6.45) is 5.44. The summed E-state index contributed by atoms with van der Waals surface area (Å²) in [4.78, 5) is 17.4. The van der Waals surface area contributed by atoms with Gasteiger partial charge in [0.2, 0.25) is 0 Å². The molecule has 0 amide bonds. The van der Waals surface area contributed by atoms with E-state index in [-0.39, 0.29) is 12.3 Å². The van der Waals surface area contributed by atoms with Crippen molar-refractivity contribution in [1.82, 2.24) is 0 Å². The number of ether oxygens (including phenoxy) is 3. The van der Waals surface area contributed by atoms with Gasteiger partial charge in [0, 0.05) is 5.56 Å². The Bertz CT molecular complexity index is 1280. The lowest BCUT2D eigenvalue weighted by Crippen LogP contribution is -2.06. The predicted octanol–water partition coefficient (Wildman–Crippen LogP) is 6.97. The molecule has 37 heavy (non-hydrogen) atoms. The van der Waals surface area contributed by atoms with Gasteiger partial charge in [-0.05, 0) is 56.8 Å². The van der Waals surface area contributed by atoms with Gasteiger partial charge in [-0.1, -0.05) is 83.9 Å². The minimum absolute atomic E-state index is 0.0997. The first-order chi connectivity index (χ1) is 18.0. The number of nitrogens with zero attached hydrogens (tertiary/aromatic N) is 1. The monoisotopic (exact) mass is 495 g/mol. The van der Waals surface area contributed by atoms with Crippen LogP contribution in [0.25, 0.3) is 11.6 Å². The normalized spacial score (nSPS) is 11.1. The van der Waals surface area contributed by atoms with E-state index in [1.54, 1.807) is 20.1 Å². The number of benzene rings is 3. The molecular weight excluding hydrogens is 462 g/mol. The standard InChI is InChI=1S/C32H33NO4/c1-6-8-20-37-31-27(10-9-11-30(31)35-5)21-29(32(34)36-7-2)33-22-28(25-16-12-23(3)13-17-25)26-18-14-24(4)15-19-26/h6,8-19,21H,7,20H2,1-5H3/b8-6+,29-21-. The van der Waals surface area contributed by atoms with Gasteiger partial charge in [-0.3, -0.25) is 0 Å². The molecule has 5 heteroatoms.